The van der Waals surface area contributed by atoms with E-state index >= 15 is 0 Å². The Labute approximate surface area is 143 Å². The van der Waals surface area contributed by atoms with Gasteiger partial charge in [-0.25, -0.2) is 4.39 Å². The van der Waals surface area contributed by atoms with E-state index in [1.165, 1.54) is 6.07 Å². The smallest absolute Gasteiger partial charge is 0.147 e. The largest absolute Gasteiger partial charge is 0.495 e. The maximum Gasteiger partial charge on any atom is 0.147 e. The number of ether oxygens (including phenoxy) is 1. The van der Waals surface area contributed by atoms with E-state index in [4.69, 9.17) is 22.7 Å². The minimum Gasteiger partial charge on any atom is -0.495 e. The van der Waals surface area contributed by atoms with Gasteiger partial charge in [0.05, 0.1) is 23.0 Å². The molecule has 0 aliphatic heterocycles. The summed E-state index contributed by atoms with van der Waals surface area (Å²) in [6.45, 7) is 0. The van der Waals surface area contributed by atoms with Gasteiger partial charge in [0.25, 0.3) is 0 Å². The number of halogens is 3. The molecule has 7 heteroatoms. The van der Waals surface area contributed by atoms with Gasteiger partial charge in [0.1, 0.15) is 16.6 Å². The summed E-state index contributed by atoms with van der Waals surface area (Å²) in [7, 11) is 1.56. The summed E-state index contributed by atoms with van der Waals surface area (Å²) in [4.78, 5) is 0.159. The summed E-state index contributed by atoms with van der Waals surface area (Å²) >= 11 is 11.6. The molecule has 3 nitrogen and oxygen atoms in total. The van der Waals surface area contributed by atoms with Gasteiger partial charge in [-0.15, -0.1) is 0 Å². The van der Waals surface area contributed by atoms with Gasteiger partial charge >= 0.3 is 0 Å². The van der Waals surface area contributed by atoms with Gasteiger partial charge in [0.2, 0.25) is 0 Å². The van der Waals surface area contributed by atoms with Crippen molar-refractivity contribution in [3.63, 3.8) is 0 Å². The Kier molecular flexibility index (Phi) is 5.18. The average Bonchev–Trinajstić information content (AvgIpc) is 2.43. The monoisotopic (exact) mass is 432 g/mol. The maximum atomic E-state index is 14.1. The van der Waals surface area contributed by atoms with Crippen LogP contribution in [0.15, 0.2) is 39.3 Å². The predicted octanol–water partition coefficient (Wildman–Crippen LogP) is 4.74. The highest BCUT2D eigenvalue weighted by atomic mass is 79.9. The van der Waals surface area contributed by atoms with E-state index in [9.17, 15) is 4.39 Å². The Bertz CT molecular complexity index is 710. The number of benzene rings is 2. The van der Waals surface area contributed by atoms with Crippen molar-refractivity contribution in [3.8, 4) is 5.75 Å². The summed E-state index contributed by atoms with van der Waals surface area (Å²) < 4.78 is 20.8. The van der Waals surface area contributed by atoms with Gasteiger partial charge in [0, 0.05) is 16.1 Å². The van der Waals surface area contributed by atoms with Crippen molar-refractivity contribution in [2.75, 3.05) is 12.4 Å². The van der Waals surface area contributed by atoms with Crippen molar-refractivity contribution in [1.82, 2.24) is 0 Å². The molecule has 0 heterocycles. The number of methoxy groups -OCH3 is 1. The molecule has 0 spiro atoms. The van der Waals surface area contributed by atoms with Gasteiger partial charge in [-0.2, -0.15) is 0 Å². The molecule has 0 bridgehead atoms. The molecule has 0 saturated heterocycles. The minimum absolute atomic E-state index is 0.159. The fourth-order valence-electron chi connectivity index (χ4n) is 1.70. The normalized spacial score (nSPS) is 10.3. The number of nitrogens with two attached hydrogens (primary N) is 1. The molecule has 0 amide bonds. The number of anilines is 2. The van der Waals surface area contributed by atoms with Crippen molar-refractivity contribution >= 4 is 60.4 Å². The van der Waals surface area contributed by atoms with Crippen LogP contribution in [0.25, 0.3) is 0 Å². The highest BCUT2D eigenvalue weighted by Crippen LogP contribution is 2.36. The van der Waals surface area contributed by atoms with E-state index in [2.05, 4.69) is 37.2 Å². The number of hydrogen-bond acceptors (Lipinski definition) is 3. The van der Waals surface area contributed by atoms with Crippen molar-refractivity contribution in [3.05, 3.63) is 50.7 Å². The summed E-state index contributed by atoms with van der Waals surface area (Å²) in [6, 6.07) is 8.13. The standard InChI is InChI=1S/C14H11Br2FN2OS/c1-20-13-6-12(8(15)5-9(13)16)19-11-3-2-7(14(18)21)4-10(11)17/h2-6,19H,1H3,(H2,18,21). The van der Waals surface area contributed by atoms with Crippen LogP contribution in [-0.2, 0) is 0 Å². The average molecular weight is 434 g/mol. The van der Waals surface area contributed by atoms with Crippen LogP contribution in [0.5, 0.6) is 5.75 Å². The molecule has 0 unspecified atom stereocenters. The van der Waals surface area contributed by atoms with Crippen LogP contribution in [0.2, 0.25) is 0 Å². The highest BCUT2D eigenvalue weighted by molar-refractivity contribution is 9.11. The van der Waals surface area contributed by atoms with Crippen molar-refractivity contribution in [2.45, 2.75) is 0 Å². The second kappa shape index (κ2) is 6.72. The zero-order chi connectivity index (χ0) is 15.6. The first kappa shape index (κ1) is 16.2. The molecular weight excluding hydrogens is 423 g/mol. The van der Waals surface area contributed by atoms with Gasteiger partial charge in [-0.05, 0) is 56.1 Å². The first-order valence-electron chi connectivity index (χ1n) is 5.81. The number of nitrogens with one attached hydrogen (secondary N) is 1. The lowest BCUT2D eigenvalue weighted by Gasteiger charge is -2.13. The molecule has 3 N–H and O–H groups in total. The van der Waals surface area contributed by atoms with Crippen molar-refractivity contribution in [1.29, 1.82) is 0 Å². The van der Waals surface area contributed by atoms with Crippen LogP contribution in [-0.4, -0.2) is 12.1 Å². The third-order valence-corrected chi connectivity index (χ3v) is 4.28. The van der Waals surface area contributed by atoms with E-state index in [-0.39, 0.29) is 4.99 Å². The van der Waals surface area contributed by atoms with Crippen LogP contribution in [0, 0.1) is 5.82 Å². The quantitative estimate of drug-likeness (QED) is 0.683. The second-order valence-electron chi connectivity index (χ2n) is 4.15. The number of thiocarbonyl (C=S) groups is 1. The van der Waals surface area contributed by atoms with E-state index in [1.54, 1.807) is 25.3 Å². The maximum absolute atomic E-state index is 14.1. The Hall–Kier alpha value is -1.18. The Morgan fingerprint density at radius 1 is 1.19 bits per heavy atom. The minimum atomic E-state index is -0.436. The first-order chi connectivity index (χ1) is 9.92. The van der Waals surface area contributed by atoms with E-state index < -0.39 is 5.82 Å². The van der Waals surface area contributed by atoms with Crippen molar-refractivity contribution < 1.29 is 9.13 Å². The highest BCUT2D eigenvalue weighted by Gasteiger charge is 2.10. The molecule has 21 heavy (non-hydrogen) atoms. The number of hydrogen-bond donors (Lipinski definition) is 2. The molecule has 2 aromatic carbocycles. The number of rotatable bonds is 4. The lowest BCUT2D eigenvalue weighted by molar-refractivity contribution is 0.412. The first-order valence-corrected chi connectivity index (χ1v) is 7.81. The molecule has 0 aliphatic carbocycles. The predicted molar refractivity (Wildman–Crippen MR) is 94.0 cm³/mol. The van der Waals surface area contributed by atoms with E-state index in [0.717, 1.165) is 8.95 Å². The van der Waals surface area contributed by atoms with Crippen LogP contribution < -0.4 is 15.8 Å². The summed E-state index contributed by atoms with van der Waals surface area (Å²) in [5, 5.41) is 3.00. The zero-order valence-electron chi connectivity index (χ0n) is 10.9. The summed E-state index contributed by atoms with van der Waals surface area (Å²) in [6.07, 6.45) is 0. The third kappa shape index (κ3) is 3.72. The molecule has 0 fully saturated rings. The lowest BCUT2D eigenvalue weighted by Crippen LogP contribution is -2.09. The van der Waals surface area contributed by atoms with Crippen LogP contribution in [0.4, 0.5) is 15.8 Å². The molecule has 0 aromatic heterocycles. The molecule has 0 aliphatic rings. The SMILES string of the molecule is COc1cc(Nc2ccc(C(N)=S)cc2F)c(Br)cc1Br. The van der Waals surface area contributed by atoms with Gasteiger partial charge in [-0.1, -0.05) is 12.2 Å². The molecule has 0 saturated carbocycles. The van der Waals surface area contributed by atoms with Crippen molar-refractivity contribution in [2.24, 2.45) is 5.73 Å². The lowest BCUT2D eigenvalue weighted by atomic mass is 10.2. The Morgan fingerprint density at radius 2 is 1.90 bits per heavy atom. The van der Waals surface area contributed by atoms with E-state index in [0.29, 0.717) is 22.7 Å². The molecule has 0 radical (unpaired) electrons. The molecule has 2 aromatic rings. The topological polar surface area (TPSA) is 47.3 Å². The van der Waals surface area contributed by atoms with Gasteiger partial charge in [-0.3, -0.25) is 0 Å². The fraction of sp³-hybridized carbons (Fsp3) is 0.0714. The van der Waals surface area contributed by atoms with Crippen LogP contribution in [0.1, 0.15) is 5.56 Å². The van der Waals surface area contributed by atoms with Gasteiger partial charge < -0.3 is 15.8 Å². The Morgan fingerprint density at radius 3 is 2.48 bits per heavy atom. The molecule has 0 atom stereocenters. The third-order valence-electron chi connectivity index (χ3n) is 2.76. The zero-order valence-corrected chi connectivity index (χ0v) is 14.9. The van der Waals surface area contributed by atoms with Crippen LogP contribution >= 0.6 is 44.1 Å². The van der Waals surface area contributed by atoms with Crippen LogP contribution in [0.3, 0.4) is 0 Å². The fourth-order valence-corrected chi connectivity index (χ4v) is 3.08. The second-order valence-corrected chi connectivity index (χ2v) is 6.30. The molecular formula is C14H11Br2FN2OS. The van der Waals surface area contributed by atoms with E-state index in [1.807, 2.05) is 6.07 Å². The molecule has 110 valence electrons. The summed E-state index contributed by atoms with van der Waals surface area (Å²) in [5.74, 6) is 0.204. The Balaban J connectivity index is 2.36. The van der Waals surface area contributed by atoms with Gasteiger partial charge in [0.15, 0.2) is 0 Å². The summed E-state index contributed by atoms with van der Waals surface area (Å²) in [5.41, 5.74) is 6.96. The molecule has 2 rings (SSSR count).